The van der Waals surface area contributed by atoms with Gasteiger partial charge in [-0.25, -0.2) is 9.18 Å². The summed E-state index contributed by atoms with van der Waals surface area (Å²) in [5.74, 6) is -1.07. The molecule has 0 atom stereocenters. The van der Waals surface area contributed by atoms with Gasteiger partial charge in [-0.2, -0.15) is 0 Å². The molecule has 0 radical (unpaired) electrons. The minimum absolute atomic E-state index is 0.00102. The van der Waals surface area contributed by atoms with Crippen molar-refractivity contribution < 1.29 is 19.0 Å². The molecule has 0 aliphatic heterocycles. The highest BCUT2D eigenvalue weighted by Gasteiger charge is 2.10. The standard InChI is InChI=1S/C11H11FO3/c1-7(11(13)14)5-8-6-9(12)3-4-10(8)15-2/h3-4,6H,1,5H2,2H3,(H,13,14). The van der Waals surface area contributed by atoms with E-state index in [1.165, 1.54) is 25.3 Å². The fourth-order valence-electron chi connectivity index (χ4n) is 1.19. The molecule has 0 bridgehead atoms. The predicted octanol–water partition coefficient (Wildman–Crippen LogP) is 2.02. The Bertz CT molecular complexity index is 399. The second-order valence-corrected chi connectivity index (χ2v) is 3.04. The number of aliphatic carboxylic acids is 1. The minimum atomic E-state index is -1.10. The number of ether oxygens (including phenoxy) is 1. The average Bonchev–Trinajstić information content (AvgIpc) is 2.18. The Kier molecular flexibility index (Phi) is 3.44. The number of methoxy groups -OCH3 is 1. The average molecular weight is 210 g/mol. The second kappa shape index (κ2) is 4.59. The Morgan fingerprint density at radius 1 is 1.60 bits per heavy atom. The maximum Gasteiger partial charge on any atom is 0.331 e. The molecule has 1 aromatic carbocycles. The first-order chi connectivity index (χ1) is 7.04. The van der Waals surface area contributed by atoms with Crippen molar-refractivity contribution in [3.63, 3.8) is 0 Å². The topological polar surface area (TPSA) is 46.5 Å². The van der Waals surface area contributed by atoms with Gasteiger partial charge in [-0.3, -0.25) is 0 Å². The molecule has 80 valence electrons. The number of carbonyl (C=O) groups is 1. The molecule has 0 aliphatic rings. The van der Waals surface area contributed by atoms with Gasteiger partial charge in [0.1, 0.15) is 11.6 Å². The van der Waals surface area contributed by atoms with E-state index in [2.05, 4.69) is 6.58 Å². The van der Waals surface area contributed by atoms with Gasteiger partial charge < -0.3 is 9.84 Å². The van der Waals surface area contributed by atoms with E-state index in [0.717, 1.165) is 0 Å². The largest absolute Gasteiger partial charge is 0.496 e. The zero-order valence-corrected chi connectivity index (χ0v) is 8.29. The maximum atomic E-state index is 12.9. The highest BCUT2D eigenvalue weighted by Crippen LogP contribution is 2.21. The molecule has 15 heavy (non-hydrogen) atoms. The van der Waals surface area contributed by atoms with E-state index in [1.807, 2.05) is 0 Å². The van der Waals surface area contributed by atoms with Crippen LogP contribution >= 0.6 is 0 Å². The van der Waals surface area contributed by atoms with Crippen LogP contribution in [-0.2, 0) is 11.2 Å². The Morgan fingerprint density at radius 3 is 2.80 bits per heavy atom. The van der Waals surface area contributed by atoms with Crippen molar-refractivity contribution in [2.75, 3.05) is 7.11 Å². The van der Waals surface area contributed by atoms with Crippen LogP contribution in [0, 0.1) is 5.82 Å². The van der Waals surface area contributed by atoms with Crippen LogP contribution in [0.4, 0.5) is 4.39 Å². The number of hydrogen-bond acceptors (Lipinski definition) is 2. The fourth-order valence-corrected chi connectivity index (χ4v) is 1.19. The van der Waals surface area contributed by atoms with Crippen molar-refractivity contribution in [2.45, 2.75) is 6.42 Å². The zero-order valence-electron chi connectivity index (χ0n) is 8.29. The summed E-state index contributed by atoms with van der Waals surface area (Å²) < 4.78 is 17.9. The van der Waals surface area contributed by atoms with Crippen LogP contribution in [0.3, 0.4) is 0 Å². The lowest BCUT2D eigenvalue weighted by Gasteiger charge is -2.08. The van der Waals surface area contributed by atoms with Crippen LogP contribution in [0.1, 0.15) is 5.56 Å². The van der Waals surface area contributed by atoms with E-state index in [4.69, 9.17) is 9.84 Å². The van der Waals surface area contributed by atoms with Crippen LogP contribution in [0.15, 0.2) is 30.4 Å². The van der Waals surface area contributed by atoms with Gasteiger partial charge in [0.05, 0.1) is 7.11 Å². The number of rotatable bonds is 4. The SMILES string of the molecule is C=C(Cc1cc(F)ccc1OC)C(=O)O. The molecule has 3 nitrogen and oxygen atoms in total. The fraction of sp³-hybridized carbons (Fsp3) is 0.182. The monoisotopic (exact) mass is 210 g/mol. The van der Waals surface area contributed by atoms with Crippen LogP contribution in [0.25, 0.3) is 0 Å². The molecule has 1 aromatic rings. The first-order valence-electron chi connectivity index (χ1n) is 4.28. The highest BCUT2D eigenvalue weighted by atomic mass is 19.1. The number of hydrogen-bond donors (Lipinski definition) is 1. The van der Waals surface area contributed by atoms with Crippen molar-refractivity contribution in [1.82, 2.24) is 0 Å². The van der Waals surface area contributed by atoms with Crippen molar-refractivity contribution in [1.29, 1.82) is 0 Å². The third-order valence-electron chi connectivity index (χ3n) is 1.95. The van der Waals surface area contributed by atoms with Crippen molar-refractivity contribution in [3.05, 3.63) is 41.7 Å². The lowest BCUT2D eigenvalue weighted by Crippen LogP contribution is -2.03. The number of carboxylic acid groups (broad SMARTS) is 1. The van der Waals surface area contributed by atoms with Gasteiger partial charge in [-0.15, -0.1) is 0 Å². The summed E-state index contributed by atoms with van der Waals surface area (Å²) in [5, 5.41) is 8.64. The molecule has 0 aromatic heterocycles. The molecule has 0 saturated heterocycles. The number of halogens is 1. The van der Waals surface area contributed by atoms with Crippen LogP contribution < -0.4 is 4.74 Å². The second-order valence-electron chi connectivity index (χ2n) is 3.04. The summed E-state index contributed by atoms with van der Waals surface area (Å²) >= 11 is 0. The van der Waals surface area contributed by atoms with Crippen molar-refractivity contribution in [3.8, 4) is 5.75 Å². The lowest BCUT2D eigenvalue weighted by molar-refractivity contribution is -0.132. The molecule has 1 N–H and O–H groups in total. The summed E-state index contributed by atoms with van der Waals surface area (Å²) in [7, 11) is 1.44. The predicted molar refractivity (Wildman–Crippen MR) is 53.4 cm³/mol. The molecule has 0 amide bonds. The maximum absolute atomic E-state index is 12.9. The Balaban J connectivity index is 2.97. The van der Waals surface area contributed by atoms with Gasteiger partial charge in [0.15, 0.2) is 0 Å². The highest BCUT2D eigenvalue weighted by molar-refractivity contribution is 5.86. The molecule has 1 rings (SSSR count). The molecule has 0 saturated carbocycles. The van der Waals surface area contributed by atoms with E-state index >= 15 is 0 Å². The quantitative estimate of drug-likeness (QED) is 0.773. The van der Waals surface area contributed by atoms with E-state index in [0.29, 0.717) is 11.3 Å². The summed E-state index contributed by atoms with van der Waals surface area (Å²) in [4.78, 5) is 10.6. The van der Waals surface area contributed by atoms with E-state index in [9.17, 15) is 9.18 Å². The zero-order chi connectivity index (χ0) is 11.4. The Morgan fingerprint density at radius 2 is 2.27 bits per heavy atom. The molecule has 4 heteroatoms. The summed E-state index contributed by atoms with van der Waals surface area (Å²) in [5.41, 5.74) is 0.476. The number of benzene rings is 1. The molecule has 0 fully saturated rings. The minimum Gasteiger partial charge on any atom is -0.496 e. The third kappa shape index (κ3) is 2.80. The van der Waals surface area contributed by atoms with Gasteiger partial charge in [0.25, 0.3) is 0 Å². The normalized spacial score (nSPS) is 9.73. The lowest BCUT2D eigenvalue weighted by atomic mass is 10.1. The van der Waals surface area contributed by atoms with Gasteiger partial charge in [-0.05, 0) is 18.2 Å². The summed E-state index contributed by atoms with van der Waals surface area (Å²) in [6.45, 7) is 3.38. The molecule has 0 heterocycles. The van der Waals surface area contributed by atoms with Gasteiger partial charge in [-0.1, -0.05) is 6.58 Å². The van der Waals surface area contributed by atoms with Crippen LogP contribution in [0.2, 0.25) is 0 Å². The summed E-state index contributed by atoms with van der Waals surface area (Å²) in [6, 6.07) is 3.96. The Labute approximate surface area is 86.8 Å². The van der Waals surface area contributed by atoms with Crippen molar-refractivity contribution in [2.24, 2.45) is 0 Å². The molecular weight excluding hydrogens is 199 g/mol. The van der Waals surface area contributed by atoms with Crippen LogP contribution in [0.5, 0.6) is 5.75 Å². The first kappa shape index (κ1) is 11.2. The van der Waals surface area contributed by atoms with Gasteiger partial charge in [0.2, 0.25) is 0 Å². The van der Waals surface area contributed by atoms with Gasteiger partial charge >= 0.3 is 5.97 Å². The number of carboxylic acids is 1. The Hall–Kier alpha value is -1.84. The van der Waals surface area contributed by atoms with Gasteiger partial charge in [0, 0.05) is 17.6 Å². The first-order valence-corrected chi connectivity index (χ1v) is 4.28. The van der Waals surface area contributed by atoms with E-state index in [1.54, 1.807) is 0 Å². The molecule has 0 unspecified atom stereocenters. The summed E-state index contributed by atoms with van der Waals surface area (Å²) in [6.07, 6.45) is 0.0657. The van der Waals surface area contributed by atoms with E-state index < -0.39 is 11.8 Å². The molecule has 0 aliphatic carbocycles. The third-order valence-corrected chi connectivity index (χ3v) is 1.95. The molecular formula is C11H11FO3. The smallest absolute Gasteiger partial charge is 0.331 e. The molecule has 0 spiro atoms. The van der Waals surface area contributed by atoms with Crippen LogP contribution in [-0.4, -0.2) is 18.2 Å². The van der Waals surface area contributed by atoms with Crippen molar-refractivity contribution >= 4 is 5.97 Å². The van der Waals surface area contributed by atoms with E-state index in [-0.39, 0.29) is 12.0 Å².